The van der Waals surface area contributed by atoms with Crippen LogP contribution in [0.25, 0.3) is 11.1 Å². The maximum atomic E-state index is 13.2. The molecule has 0 aromatic carbocycles. The van der Waals surface area contributed by atoms with Crippen LogP contribution in [0.4, 0.5) is 5.82 Å². The Morgan fingerprint density at radius 2 is 1.94 bits per heavy atom. The highest BCUT2D eigenvalue weighted by Gasteiger charge is 2.64. The summed E-state index contributed by atoms with van der Waals surface area (Å²) >= 11 is 6.55. The average Bonchev–Trinajstić information content (AvgIpc) is 3.53. The van der Waals surface area contributed by atoms with Crippen LogP contribution in [0.15, 0.2) is 18.3 Å². The van der Waals surface area contributed by atoms with Gasteiger partial charge in [0.2, 0.25) is 11.8 Å². The number of nitriles is 1. The van der Waals surface area contributed by atoms with Crippen LogP contribution in [0.1, 0.15) is 38.6 Å². The lowest BCUT2D eigenvalue weighted by Crippen LogP contribution is -2.59. The lowest BCUT2D eigenvalue weighted by Gasteiger charge is -2.54. The molecule has 1 N–H and O–H groups in total. The van der Waals surface area contributed by atoms with E-state index in [4.69, 9.17) is 11.6 Å². The molecule has 2 aromatic heterocycles. The third kappa shape index (κ3) is 3.11. The topological polar surface area (TPSA) is 91.0 Å². The van der Waals surface area contributed by atoms with Gasteiger partial charge in [-0.3, -0.25) is 9.59 Å². The quantitative estimate of drug-likeness (QED) is 0.724. The number of hydrogen-bond acceptors (Lipinski definition) is 4. The van der Waals surface area contributed by atoms with Crippen LogP contribution in [-0.2, 0) is 22.6 Å². The number of fused-ring (bicyclic) bond motifs is 4. The predicted octanol–water partition coefficient (Wildman–Crippen LogP) is 3.96. The third-order valence-electron chi connectivity index (χ3n) is 8.68. The Morgan fingerprint density at radius 3 is 2.62 bits per heavy atom. The van der Waals surface area contributed by atoms with Crippen LogP contribution in [-0.4, -0.2) is 39.4 Å². The van der Waals surface area contributed by atoms with E-state index in [0.717, 1.165) is 49.3 Å². The van der Waals surface area contributed by atoms with Gasteiger partial charge in [0.15, 0.2) is 0 Å². The Labute approximate surface area is 204 Å². The molecule has 7 nitrogen and oxygen atoms in total. The summed E-state index contributed by atoms with van der Waals surface area (Å²) in [5.74, 6) is 2.42. The fourth-order valence-electron chi connectivity index (χ4n) is 7.25. The molecule has 3 aliphatic carbocycles. The zero-order valence-corrected chi connectivity index (χ0v) is 20.4. The van der Waals surface area contributed by atoms with Crippen molar-refractivity contribution in [3.05, 3.63) is 34.7 Å². The molecule has 176 valence electrons. The summed E-state index contributed by atoms with van der Waals surface area (Å²) in [6.07, 6.45) is 3.33. The molecule has 4 bridgehead atoms. The lowest BCUT2D eigenvalue weighted by atomic mass is 9.59. The summed E-state index contributed by atoms with van der Waals surface area (Å²) in [7, 11) is 0. The van der Waals surface area contributed by atoms with Crippen molar-refractivity contribution in [1.82, 2.24) is 14.5 Å². The Hall–Kier alpha value is -2.85. The molecule has 6 aliphatic rings. The molecule has 34 heavy (non-hydrogen) atoms. The van der Waals surface area contributed by atoms with Gasteiger partial charge in [0.1, 0.15) is 17.6 Å². The van der Waals surface area contributed by atoms with Crippen molar-refractivity contribution < 1.29 is 9.59 Å². The fourth-order valence-corrected chi connectivity index (χ4v) is 7.45. The summed E-state index contributed by atoms with van der Waals surface area (Å²) in [4.78, 5) is 31.3. The van der Waals surface area contributed by atoms with Crippen LogP contribution in [0.2, 0.25) is 5.02 Å². The van der Waals surface area contributed by atoms with Gasteiger partial charge in [-0.2, -0.15) is 5.26 Å². The number of aromatic nitrogens is 2. The van der Waals surface area contributed by atoms with E-state index in [-0.39, 0.29) is 23.1 Å². The van der Waals surface area contributed by atoms with E-state index >= 15 is 0 Å². The van der Waals surface area contributed by atoms with E-state index in [1.807, 2.05) is 17.0 Å². The van der Waals surface area contributed by atoms with Gasteiger partial charge in [-0.15, -0.1) is 0 Å². The smallest absolute Gasteiger partial charge is 0.228 e. The van der Waals surface area contributed by atoms with Gasteiger partial charge >= 0.3 is 0 Å². The molecular formula is C26H28ClN5O2. The second-order valence-electron chi connectivity index (χ2n) is 11.3. The maximum Gasteiger partial charge on any atom is 0.228 e. The number of piperidine rings is 2. The van der Waals surface area contributed by atoms with E-state index in [2.05, 4.69) is 34.8 Å². The van der Waals surface area contributed by atoms with Crippen LogP contribution >= 0.6 is 11.6 Å². The molecule has 0 radical (unpaired) electrons. The minimum Gasteiger partial charge on any atom is -0.342 e. The van der Waals surface area contributed by atoms with Crippen molar-refractivity contribution in [2.45, 2.75) is 40.2 Å². The first-order valence-electron chi connectivity index (χ1n) is 12.0. The first-order valence-corrected chi connectivity index (χ1v) is 12.4. The number of nitrogens with one attached hydrogen (secondary N) is 1. The van der Waals surface area contributed by atoms with Crippen molar-refractivity contribution in [1.29, 1.82) is 5.26 Å². The van der Waals surface area contributed by atoms with Crippen LogP contribution < -0.4 is 5.32 Å². The molecule has 5 fully saturated rings. The van der Waals surface area contributed by atoms with Gasteiger partial charge in [0.05, 0.1) is 5.02 Å². The van der Waals surface area contributed by atoms with Gasteiger partial charge in [-0.25, -0.2) is 4.98 Å². The van der Waals surface area contributed by atoms with Gasteiger partial charge in [-0.05, 0) is 54.1 Å². The molecule has 2 saturated heterocycles. The van der Waals surface area contributed by atoms with Crippen LogP contribution in [0.5, 0.6) is 0 Å². The molecule has 8 rings (SSSR count). The molecule has 8 heteroatoms. The number of carbonyl (C=O) groups is 2. The summed E-state index contributed by atoms with van der Waals surface area (Å²) < 4.78 is 2.08. The monoisotopic (exact) mass is 477 g/mol. The fraction of sp³-hybridized carbons (Fsp3) is 0.538. The molecular weight excluding hydrogens is 450 g/mol. The van der Waals surface area contributed by atoms with Crippen molar-refractivity contribution >= 4 is 29.2 Å². The minimum absolute atomic E-state index is 0.0120. The van der Waals surface area contributed by atoms with E-state index in [1.165, 1.54) is 0 Å². The van der Waals surface area contributed by atoms with Gasteiger partial charge in [0, 0.05) is 55.5 Å². The molecule has 2 unspecified atom stereocenters. The lowest BCUT2D eigenvalue weighted by molar-refractivity contribution is -0.143. The number of nitrogens with zero attached hydrogens (tertiary/aromatic N) is 4. The summed E-state index contributed by atoms with van der Waals surface area (Å²) in [6, 6.07) is 6.04. The SMILES string of the molecule is CC(=O)N1C[C@@H]2C3C[C@H](C(=O)Nc4cc(-c5cc(C#N)n6c5CC(C)(C)C6)c(Cl)cn4)C2[C@H]3C1. The molecule has 0 spiro atoms. The molecule has 5 atom stereocenters. The molecule has 5 heterocycles. The van der Waals surface area contributed by atoms with Crippen molar-refractivity contribution in [3.63, 3.8) is 0 Å². The highest BCUT2D eigenvalue weighted by atomic mass is 35.5. The van der Waals surface area contributed by atoms with Crippen molar-refractivity contribution in [2.75, 3.05) is 18.4 Å². The standard InChI is InChI=1S/C26H28ClN5O2/c1-13(33)31-10-19-15-5-18(24(19)20(15)11-31)25(34)30-23-6-16(21(27)9-29-23)17-4-14(8-28)32-12-26(2,3)7-22(17)32/h4,6,9,15,18-20,24H,5,7,10-12H2,1-3H3,(H,29,30,34)/t15?,18-,19-,20+,24?/m0/s1. The van der Waals surface area contributed by atoms with Crippen molar-refractivity contribution in [2.24, 2.45) is 35.0 Å². The number of rotatable bonds is 3. The Kier molecular flexibility index (Phi) is 4.67. The molecule has 3 aliphatic heterocycles. The van der Waals surface area contributed by atoms with E-state index in [0.29, 0.717) is 40.2 Å². The second-order valence-corrected chi connectivity index (χ2v) is 11.7. The Morgan fingerprint density at radius 1 is 1.21 bits per heavy atom. The highest BCUT2D eigenvalue weighted by molar-refractivity contribution is 6.33. The number of hydrogen-bond donors (Lipinski definition) is 1. The summed E-state index contributed by atoms with van der Waals surface area (Å²) in [5, 5.41) is 13.2. The second kappa shape index (κ2) is 7.32. The average molecular weight is 478 g/mol. The van der Waals surface area contributed by atoms with Gasteiger partial charge in [-0.1, -0.05) is 25.4 Å². The third-order valence-corrected chi connectivity index (χ3v) is 8.98. The number of carbonyl (C=O) groups excluding carboxylic acids is 2. The van der Waals surface area contributed by atoms with E-state index in [1.54, 1.807) is 13.1 Å². The number of amides is 2. The normalized spacial score (nSPS) is 29.9. The van der Waals surface area contributed by atoms with Gasteiger partial charge < -0.3 is 14.8 Å². The summed E-state index contributed by atoms with van der Waals surface area (Å²) in [6.45, 7) is 8.38. The zero-order chi connectivity index (χ0) is 23.9. The van der Waals surface area contributed by atoms with E-state index in [9.17, 15) is 14.9 Å². The molecule has 2 amide bonds. The van der Waals surface area contributed by atoms with Gasteiger partial charge in [0.25, 0.3) is 0 Å². The Balaban J connectivity index is 1.23. The number of halogens is 1. The number of pyridine rings is 1. The minimum atomic E-state index is -0.0280. The zero-order valence-electron chi connectivity index (χ0n) is 19.6. The predicted molar refractivity (Wildman–Crippen MR) is 128 cm³/mol. The first kappa shape index (κ1) is 21.7. The Bertz CT molecular complexity index is 1260. The summed E-state index contributed by atoms with van der Waals surface area (Å²) in [5.41, 5.74) is 3.54. The molecule has 2 aromatic rings. The van der Waals surface area contributed by atoms with E-state index < -0.39 is 0 Å². The van der Waals surface area contributed by atoms with Crippen LogP contribution in [0, 0.1) is 46.3 Å². The van der Waals surface area contributed by atoms with Crippen LogP contribution in [0.3, 0.4) is 0 Å². The van der Waals surface area contributed by atoms with Crippen molar-refractivity contribution in [3.8, 4) is 17.2 Å². The largest absolute Gasteiger partial charge is 0.342 e. The maximum absolute atomic E-state index is 13.2. The molecule has 3 saturated carbocycles. The highest BCUT2D eigenvalue weighted by Crippen LogP contribution is 2.63. The number of anilines is 1. The first-order chi connectivity index (χ1) is 16.2.